The highest BCUT2D eigenvalue weighted by Crippen LogP contribution is 2.66. The van der Waals surface area contributed by atoms with E-state index in [1.54, 1.807) is 0 Å². The van der Waals surface area contributed by atoms with Crippen LogP contribution in [0.4, 0.5) is 0 Å². The summed E-state index contributed by atoms with van der Waals surface area (Å²) >= 11 is 0. The maximum atomic E-state index is 12.0. The normalized spacial score (nSPS) is 39.1. The first kappa shape index (κ1) is 13.9. The van der Waals surface area contributed by atoms with Crippen LogP contribution in [0.15, 0.2) is 0 Å². The molecule has 0 amide bonds. The van der Waals surface area contributed by atoms with Gasteiger partial charge in [0.2, 0.25) is 0 Å². The standard InChI is InChI=1S/C15H27NO2/c1-9(2)12(16)13(17)18-11-8-10-6-7-15(11,5)14(10,3)4/h9-12H,6-8,16H2,1-5H3/t10?,11?,12-,15?/m0/s1. The number of ether oxygens (including phenoxy) is 1. The van der Waals surface area contributed by atoms with E-state index in [1.807, 2.05) is 13.8 Å². The summed E-state index contributed by atoms with van der Waals surface area (Å²) in [6.45, 7) is 10.8. The summed E-state index contributed by atoms with van der Waals surface area (Å²) in [6.07, 6.45) is 3.51. The maximum absolute atomic E-state index is 12.0. The maximum Gasteiger partial charge on any atom is 0.323 e. The molecule has 2 aliphatic rings. The second-order valence-electron chi connectivity index (χ2n) is 7.31. The molecule has 2 bridgehead atoms. The Morgan fingerprint density at radius 2 is 1.94 bits per heavy atom. The average Bonchev–Trinajstić information content (AvgIpc) is 2.60. The van der Waals surface area contributed by atoms with Gasteiger partial charge in [-0.15, -0.1) is 0 Å². The quantitative estimate of drug-likeness (QED) is 0.787. The minimum Gasteiger partial charge on any atom is -0.461 e. The molecule has 104 valence electrons. The van der Waals surface area contributed by atoms with Crippen molar-refractivity contribution in [3.8, 4) is 0 Å². The van der Waals surface area contributed by atoms with Crippen LogP contribution in [-0.4, -0.2) is 18.1 Å². The van der Waals surface area contributed by atoms with E-state index in [-0.39, 0.29) is 28.8 Å². The molecule has 2 aliphatic carbocycles. The third-order valence-corrected chi connectivity index (χ3v) is 5.96. The Hall–Kier alpha value is -0.570. The van der Waals surface area contributed by atoms with Crippen LogP contribution in [0.3, 0.4) is 0 Å². The van der Waals surface area contributed by atoms with Crippen molar-refractivity contribution in [3.63, 3.8) is 0 Å². The summed E-state index contributed by atoms with van der Waals surface area (Å²) in [7, 11) is 0. The van der Waals surface area contributed by atoms with Gasteiger partial charge in [0.25, 0.3) is 0 Å². The fraction of sp³-hybridized carbons (Fsp3) is 0.933. The van der Waals surface area contributed by atoms with Gasteiger partial charge in [-0.05, 0) is 36.5 Å². The lowest BCUT2D eigenvalue weighted by Crippen LogP contribution is -2.44. The third kappa shape index (κ3) is 1.78. The van der Waals surface area contributed by atoms with Crippen LogP contribution in [-0.2, 0) is 9.53 Å². The van der Waals surface area contributed by atoms with Gasteiger partial charge in [0.05, 0.1) is 0 Å². The Morgan fingerprint density at radius 3 is 2.33 bits per heavy atom. The van der Waals surface area contributed by atoms with Crippen molar-refractivity contribution in [2.24, 2.45) is 28.4 Å². The molecule has 0 aromatic rings. The van der Waals surface area contributed by atoms with Crippen LogP contribution >= 0.6 is 0 Å². The van der Waals surface area contributed by atoms with Crippen LogP contribution in [0, 0.1) is 22.7 Å². The van der Waals surface area contributed by atoms with E-state index >= 15 is 0 Å². The highest BCUT2D eigenvalue weighted by molar-refractivity contribution is 5.76. The molecule has 3 heteroatoms. The van der Waals surface area contributed by atoms with E-state index in [0.29, 0.717) is 5.92 Å². The molecule has 0 saturated heterocycles. The molecule has 3 unspecified atom stereocenters. The Morgan fingerprint density at radius 1 is 1.33 bits per heavy atom. The Bertz CT molecular complexity index is 350. The number of hydrogen-bond acceptors (Lipinski definition) is 3. The van der Waals surface area contributed by atoms with Gasteiger partial charge in [-0.3, -0.25) is 4.79 Å². The van der Waals surface area contributed by atoms with E-state index in [1.165, 1.54) is 12.8 Å². The van der Waals surface area contributed by atoms with Crippen molar-refractivity contribution in [1.29, 1.82) is 0 Å². The Kier molecular flexibility index (Phi) is 3.25. The van der Waals surface area contributed by atoms with E-state index in [4.69, 9.17) is 10.5 Å². The molecular formula is C15H27NO2. The van der Waals surface area contributed by atoms with Gasteiger partial charge in [0, 0.05) is 5.41 Å². The predicted molar refractivity (Wildman–Crippen MR) is 71.9 cm³/mol. The van der Waals surface area contributed by atoms with Crippen molar-refractivity contribution in [2.45, 2.75) is 66.0 Å². The van der Waals surface area contributed by atoms with Gasteiger partial charge in [-0.2, -0.15) is 0 Å². The Labute approximate surface area is 110 Å². The van der Waals surface area contributed by atoms with Gasteiger partial charge in [0.1, 0.15) is 12.1 Å². The van der Waals surface area contributed by atoms with Gasteiger partial charge >= 0.3 is 5.97 Å². The fourth-order valence-corrected chi connectivity index (χ4v) is 3.80. The van der Waals surface area contributed by atoms with Crippen molar-refractivity contribution in [3.05, 3.63) is 0 Å². The summed E-state index contributed by atoms with van der Waals surface area (Å²) in [5, 5.41) is 0. The van der Waals surface area contributed by atoms with Crippen molar-refractivity contribution in [1.82, 2.24) is 0 Å². The monoisotopic (exact) mass is 253 g/mol. The van der Waals surface area contributed by atoms with E-state index in [0.717, 1.165) is 6.42 Å². The summed E-state index contributed by atoms with van der Waals surface area (Å²) in [5.41, 5.74) is 6.28. The van der Waals surface area contributed by atoms with Crippen LogP contribution in [0.2, 0.25) is 0 Å². The van der Waals surface area contributed by atoms with Gasteiger partial charge in [-0.25, -0.2) is 0 Å². The van der Waals surface area contributed by atoms with E-state index in [2.05, 4.69) is 20.8 Å². The molecular weight excluding hydrogens is 226 g/mol. The van der Waals surface area contributed by atoms with Crippen molar-refractivity contribution < 1.29 is 9.53 Å². The second kappa shape index (κ2) is 4.22. The van der Waals surface area contributed by atoms with Gasteiger partial charge in [-0.1, -0.05) is 34.6 Å². The minimum absolute atomic E-state index is 0.0588. The molecule has 4 atom stereocenters. The van der Waals surface area contributed by atoms with Crippen molar-refractivity contribution in [2.75, 3.05) is 0 Å². The van der Waals surface area contributed by atoms with E-state index in [9.17, 15) is 4.79 Å². The van der Waals surface area contributed by atoms with Crippen LogP contribution < -0.4 is 5.73 Å². The zero-order chi connectivity index (χ0) is 13.7. The largest absolute Gasteiger partial charge is 0.461 e. The third-order valence-electron chi connectivity index (χ3n) is 5.96. The highest BCUT2D eigenvalue weighted by atomic mass is 16.5. The average molecular weight is 253 g/mol. The Balaban J connectivity index is 2.07. The summed E-state index contributed by atoms with van der Waals surface area (Å²) < 4.78 is 5.74. The lowest BCUT2D eigenvalue weighted by Gasteiger charge is -2.38. The molecule has 2 N–H and O–H groups in total. The molecule has 0 spiro atoms. The van der Waals surface area contributed by atoms with Crippen molar-refractivity contribution >= 4 is 5.97 Å². The van der Waals surface area contributed by atoms with Crippen LogP contribution in [0.25, 0.3) is 0 Å². The lowest BCUT2D eigenvalue weighted by molar-refractivity contribution is -0.159. The molecule has 2 saturated carbocycles. The van der Waals surface area contributed by atoms with Gasteiger partial charge < -0.3 is 10.5 Å². The summed E-state index contributed by atoms with van der Waals surface area (Å²) in [5.74, 6) is 0.604. The first-order valence-corrected chi connectivity index (χ1v) is 7.16. The number of carbonyl (C=O) groups excluding carboxylic acids is 1. The zero-order valence-electron chi connectivity index (χ0n) is 12.3. The number of esters is 1. The first-order chi connectivity index (χ1) is 8.20. The SMILES string of the molecule is CC(C)[C@H](N)C(=O)OC1CC2CCC1(C)C2(C)C. The summed E-state index contributed by atoms with van der Waals surface area (Å²) in [4.78, 5) is 12.0. The molecule has 0 heterocycles. The molecule has 18 heavy (non-hydrogen) atoms. The molecule has 0 aromatic carbocycles. The first-order valence-electron chi connectivity index (χ1n) is 7.16. The topological polar surface area (TPSA) is 52.3 Å². The molecule has 0 aromatic heterocycles. The lowest BCUT2D eigenvalue weighted by atomic mass is 9.70. The summed E-state index contributed by atoms with van der Waals surface area (Å²) in [6, 6.07) is -0.490. The molecule has 2 rings (SSSR count). The number of nitrogens with two attached hydrogens (primary N) is 1. The number of rotatable bonds is 3. The van der Waals surface area contributed by atoms with E-state index < -0.39 is 6.04 Å². The van der Waals surface area contributed by atoms with Gasteiger partial charge in [0.15, 0.2) is 0 Å². The number of fused-ring (bicyclic) bond motifs is 2. The predicted octanol–water partition coefficient (Wildman–Crippen LogP) is 2.73. The molecule has 2 fully saturated rings. The second-order valence-corrected chi connectivity index (χ2v) is 7.31. The van der Waals surface area contributed by atoms with Crippen LogP contribution in [0.5, 0.6) is 0 Å². The highest BCUT2D eigenvalue weighted by Gasteiger charge is 2.62. The molecule has 0 aliphatic heterocycles. The molecule has 3 nitrogen and oxygen atoms in total. The van der Waals surface area contributed by atoms with Crippen LogP contribution in [0.1, 0.15) is 53.9 Å². The number of hydrogen-bond donors (Lipinski definition) is 1. The smallest absolute Gasteiger partial charge is 0.323 e. The fourth-order valence-electron chi connectivity index (χ4n) is 3.80. The number of carbonyl (C=O) groups is 1. The molecule has 0 radical (unpaired) electrons. The minimum atomic E-state index is -0.490. The zero-order valence-corrected chi connectivity index (χ0v) is 12.3.